The number of nitrogens with one attached hydrogen (secondary N) is 2. The lowest BCUT2D eigenvalue weighted by molar-refractivity contribution is -0.121. The Morgan fingerprint density at radius 1 is 1.07 bits per heavy atom. The third-order valence-corrected chi connectivity index (χ3v) is 4.49. The first kappa shape index (κ1) is 17.1. The van der Waals surface area contributed by atoms with Gasteiger partial charge in [-0.05, 0) is 29.8 Å². The first-order chi connectivity index (χ1) is 13.2. The zero-order valence-corrected chi connectivity index (χ0v) is 14.6. The van der Waals surface area contributed by atoms with Crippen LogP contribution < -0.4 is 15.5 Å². The topological polar surface area (TPSA) is 74.6 Å². The largest absolute Gasteiger partial charge is 0.467 e. The average Bonchev–Trinajstić information content (AvgIpc) is 3.22. The number of para-hydroxylation sites is 2. The normalized spacial score (nSPS) is 14.4. The number of hydrogen-bond donors (Lipinski definition) is 2. The summed E-state index contributed by atoms with van der Waals surface area (Å²) in [5.41, 5.74) is 2.35. The number of carbonyl (C=O) groups excluding carboxylic acids is 2. The van der Waals surface area contributed by atoms with Crippen molar-refractivity contribution in [3.63, 3.8) is 0 Å². The second kappa shape index (κ2) is 7.47. The van der Waals surface area contributed by atoms with Crippen LogP contribution in [0.4, 0.5) is 11.4 Å². The van der Waals surface area contributed by atoms with E-state index in [1.165, 1.54) is 4.90 Å². The molecule has 0 bridgehead atoms. The maximum Gasteiger partial charge on any atom is 0.244 e. The Labute approximate surface area is 156 Å². The van der Waals surface area contributed by atoms with Gasteiger partial charge in [-0.25, -0.2) is 0 Å². The number of furan rings is 1. The molecule has 1 aliphatic rings. The highest BCUT2D eigenvalue weighted by Crippen LogP contribution is 2.29. The molecule has 6 nitrogen and oxygen atoms in total. The van der Waals surface area contributed by atoms with Crippen molar-refractivity contribution in [2.75, 3.05) is 23.3 Å². The zero-order chi connectivity index (χ0) is 18.6. The van der Waals surface area contributed by atoms with Gasteiger partial charge in [0, 0.05) is 0 Å². The van der Waals surface area contributed by atoms with Gasteiger partial charge in [-0.3, -0.25) is 19.8 Å². The smallest absolute Gasteiger partial charge is 0.244 e. The number of amides is 2. The fourth-order valence-corrected chi connectivity index (χ4v) is 3.22. The third kappa shape index (κ3) is 3.61. The minimum atomic E-state index is -0.251. The Kier molecular flexibility index (Phi) is 4.72. The summed E-state index contributed by atoms with van der Waals surface area (Å²) < 4.78 is 5.55. The van der Waals surface area contributed by atoms with Crippen molar-refractivity contribution in [1.29, 1.82) is 0 Å². The minimum Gasteiger partial charge on any atom is -0.467 e. The molecule has 0 spiro atoms. The molecule has 136 valence electrons. The van der Waals surface area contributed by atoms with E-state index in [9.17, 15) is 9.59 Å². The number of hydrogen-bond acceptors (Lipinski definition) is 4. The van der Waals surface area contributed by atoms with Crippen molar-refractivity contribution in [3.8, 4) is 0 Å². The highest BCUT2D eigenvalue weighted by molar-refractivity contribution is 6.10. The number of fused-ring (bicyclic) bond motifs is 1. The molecule has 0 fully saturated rings. The Balaban J connectivity index is 1.53. The van der Waals surface area contributed by atoms with E-state index < -0.39 is 0 Å². The van der Waals surface area contributed by atoms with Gasteiger partial charge in [0.1, 0.15) is 12.3 Å². The molecule has 27 heavy (non-hydrogen) atoms. The van der Waals surface area contributed by atoms with E-state index in [2.05, 4.69) is 10.6 Å². The lowest BCUT2D eigenvalue weighted by Gasteiger charge is -2.29. The summed E-state index contributed by atoms with van der Waals surface area (Å²) in [5, 5.41) is 6.05. The van der Waals surface area contributed by atoms with Gasteiger partial charge in [0.2, 0.25) is 11.8 Å². The van der Waals surface area contributed by atoms with Gasteiger partial charge in [-0.15, -0.1) is 0 Å². The lowest BCUT2D eigenvalue weighted by atomic mass is 10.0. The molecule has 0 saturated heterocycles. The number of anilines is 2. The van der Waals surface area contributed by atoms with Crippen molar-refractivity contribution in [2.24, 2.45) is 0 Å². The van der Waals surface area contributed by atoms with Crippen LogP contribution in [0, 0.1) is 0 Å². The minimum absolute atomic E-state index is 0.00822. The van der Waals surface area contributed by atoms with Crippen LogP contribution in [-0.4, -0.2) is 24.9 Å². The number of benzene rings is 2. The molecule has 0 aliphatic carbocycles. The Hall–Kier alpha value is -3.38. The lowest BCUT2D eigenvalue weighted by Crippen LogP contribution is -2.46. The standard InChI is InChI=1S/C21H19N3O3/c25-19-14-24(17-10-5-4-9-16(17)23-19)20(26)13-22-21(18-11-6-12-27-18)15-7-2-1-3-8-15/h1-12,21-22H,13-14H2,(H,23,25)/t21-/m0/s1. The molecule has 4 rings (SSSR count). The van der Waals surface area contributed by atoms with E-state index in [0.29, 0.717) is 11.4 Å². The van der Waals surface area contributed by atoms with Crippen molar-refractivity contribution in [1.82, 2.24) is 5.32 Å². The van der Waals surface area contributed by atoms with E-state index in [1.54, 1.807) is 12.3 Å². The van der Waals surface area contributed by atoms with Gasteiger partial charge in [0.05, 0.1) is 30.2 Å². The van der Waals surface area contributed by atoms with Gasteiger partial charge in [0.25, 0.3) is 0 Å². The zero-order valence-electron chi connectivity index (χ0n) is 14.6. The van der Waals surface area contributed by atoms with Gasteiger partial charge < -0.3 is 9.73 Å². The van der Waals surface area contributed by atoms with E-state index in [0.717, 1.165) is 11.3 Å². The van der Waals surface area contributed by atoms with Crippen LogP contribution in [0.3, 0.4) is 0 Å². The van der Waals surface area contributed by atoms with E-state index in [-0.39, 0.29) is 30.9 Å². The first-order valence-corrected chi connectivity index (χ1v) is 8.73. The highest BCUT2D eigenvalue weighted by Gasteiger charge is 2.27. The summed E-state index contributed by atoms with van der Waals surface area (Å²) in [6, 6.07) is 20.5. The van der Waals surface area contributed by atoms with Crippen molar-refractivity contribution in [2.45, 2.75) is 6.04 Å². The average molecular weight is 361 g/mol. The number of nitrogens with zero attached hydrogens (tertiary/aromatic N) is 1. The second-order valence-electron chi connectivity index (χ2n) is 6.29. The molecule has 0 radical (unpaired) electrons. The summed E-state index contributed by atoms with van der Waals surface area (Å²) in [7, 11) is 0. The van der Waals surface area contributed by atoms with Crippen molar-refractivity contribution >= 4 is 23.2 Å². The fraction of sp³-hybridized carbons (Fsp3) is 0.143. The van der Waals surface area contributed by atoms with Crippen LogP contribution >= 0.6 is 0 Å². The molecule has 3 aromatic rings. The van der Waals surface area contributed by atoms with Crippen LogP contribution in [-0.2, 0) is 9.59 Å². The maximum absolute atomic E-state index is 12.9. The van der Waals surface area contributed by atoms with E-state index in [4.69, 9.17) is 4.42 Å². The first-order valence-electron chi connectivity index (χ1n) is 8.73. The van der Waals surface area contributed by atoms with Gasteiger partial charge in [-0.1, -0.05) is 42.5 Å². The van der Waals surface area contributed by atoms with Crippen LogP contribution in [0.2, 0.25) is 0 Å². The maximum atomic E-state index is 12.9. The summed E-state index contributed by atoms with van der Waals surface area (Å²) >= 11 is 0. The predicted octanol–water partition coefficient (Wildman–Crippen LogP) is 2.94. The molecule has 0 unspecified atom stereocenters. The molecule has 2 heterocycles. The van der Waals surface area contributed by atoms with E-state index in [1.807, 2.05) is 60.7 Å². The van der Waals surface area contributed by atoms with Crippen LogP contribution in [0.15, 0.2) is 77.4 Å². The summed E-state index contributed by atoms with van der Waals surface area (Å²) in [6.45, 7) is 0.0795. The van der Waals surface area contributed by atoms with Crippen LogP contribution in [0.5, 0.6) is 0 Å². The van der Waals surface area contributed by atoms with Crippen LogP contribution in [0.25, 0.3) is 0 Å². The highest BCUT2D eigenvalue weighted by atomic mass is 16.3. The number of rotatable bonds is 5. The molecular formula is C21H19N3O3. The predicted molar refractivity (Wildman–Crippen MR) is 102 cm³/mol. The Morgan fingerprint density at radius 3 is 2.63 bits per heavy atom. The Bertz CT molecular complexity index is 938. The summed E-state index contributed by atoms with van der Waals surface area (Å²) in [5.74, 6) is 0.350. The molecule has 2 N–H and O–H groups in total. The van der Waals surface area contributed by atoms with E-state index >= 15 is 0 Å². The molecule has 6 heteroatoms. The van der Waals surface area contributed by atoms with Gasteiger partial charge in [0.15, 0.2) is 0 Å². The molecule has 1 atom stereocenters. The summed E-state index contributed by atoms with van der Waals surface area (Å²) in [6.07, 6.45) is 1.61. The molecular weight excluding hydrogens is 342 g/mol. The van der Waals surface area contributed by atoms with Crippen molar-refractivity contribution in [3.05, 3.63) is 84.3 Å². The molecule has 2 amide bonds. The molecule has 0 saturated carbocycles. The van der Waals surface area contributed by atoms with Gasteiger partial charge in [-0.2, -0.15) is 0 Å². The monoisotopic (exact) mass is 361 g/mol. The fourth-order valence-electron chi connectivity index (χ4n) is 3.22. The number of carbonyl (C=O) groups is 2. The summed E-state index contributed by atoms with van der Waals surface area (Å²) in [4.78, 5) is 26.3. The molecule has 1 aliphatic heterocycles. The van der Waals surface area contributed by atoms with Crippen LogP contribution in [0.1, 0.15) is 17.4 Å². The van der Waals surface area contributed by atoms with Gasteiger partial charge >= 0.3 is 0 Å². The Morgan fingerprint density at radius 2 is 1.85 bits per heavy atom. The second-order valence-corrected chi connectivity index (χ2v) is 6.29. The quantitative estimate of drug-likeness (QED) is 0.733. The molecule has 1 aromatic heterocycles. The third-order valence-electron chi connectivity index (χ3n) is 4.49. The van der Waals surface area contributed by atoms with Crippen molar-refractivity contribution < 1.29 is 14.0 Å². The SMILES string of the molecule is O=C1CN(C(=O)CN[C@@H](c2ccccc2)c2ccco2)c2ccccc2N1. The molecule has 2 aromatic carbocycles.